The maximum atomic E-state index is 13.1. The first-order chi connectivity index (χ1) is 11.5. The number of halogens is 12. The number of alkyl halides is 12. The maximum absolute atomic E-state index is 13.1. The van der Waals surface area contributed by atoms with Crippen molar-refractivity contribution < 1.29 is 74.8 Å². The highest BCUT2D eigenvalue weighted by atomic mass is 32.2. The van der Waals surface area contributed by atoms with E-state index in [9.17, 15) is 61.1 Å². The average molecular weight is 456 g/mol. The molecular formula is C9H8F12O5S. The SMILES string of the molecule is CC(OC(C)OS(=O)(=O)C(F)(F)F)OC(F)(F)C(F)(F)C(F)(F)C(F)(F)F. The van der Waals surface area contributed by atoms with Crippen molar-refractivity contribution in [3.8, 4) is 0 Å². The molecule has 0 spiro atoms. The molecule has 0 saturated carbocycles. The molecule has 0 saturated heterocycles. The van der Waals surface area contributed by atoms with Gasteiger partial charge in [0.2, 0.25) is 0 Å². The lowest BCUT2D eigenvalue weighted by atomic mass is 10.1. The Balaban J connectivity index is 5.26. The third kappa shape index (κ3) is 5.50. The molecule has 2 atom stereocenters. The van der Waals surface area contributed by atoms with E-state index < -0.39 is 52.3 Å². The van der Waals surface area contributed by atoms with Gasteiger partial charge in [-0.25, -0.2) is 4.18 Å². The summed E-state index contributed by atoms with van der Waals surface area (Å²) < 4.78 is 180. The van der Waals surface area contributed by atoms with Gasteiger partial charge in [0.25, 0.3) is 0 Å². The van der Waals surface area contributed by atoms with E-state index >= 15 is 0 Å². The lowest BCUT2D eigenvalue weighted by Gasteiger charge is -2.34. The van der Waals surface area contributed by atoms with Gasteiger partial charge in [-0.1, -0.05) is 0 Å². The first kappa shape index (κ1) is 26.0. The molecule has 0 aromatic rings. The minimum atomic E-state index is -7.27. The van der Waals surface area contributed by atoms with Gasteiger partial charge in [0.15, 0.2) is 12.6 Å². The Morgan fingerprint density at radius 1 is 0.704 bits per heavy atom. The monoisotopic (exact) mass is 456 g/mol. The lowest BCUT2D eigenvalue weighted by Crippen LogP contribution is -2.62. The minimum absolute atomic E-state index is 0.149. The fraction of sp³-hybridized carbons (Fsp3) is 1.00. The van der Waals surface area contributed by atoms with Crippen LogP contribution < -0.4 is 0 Å². The van der Waals surface area contributed by atoms with Gasteiger partial charge in [-0.15, -0.1) is 0 Å². The summed E-state index contributed by atoms with van der Waals surface area (Å²) in [5.74, 6) is -14.4. The molecule has 0 aromatic heterocycles. The van der Waals surface area contributed by atoms with Crippen molar-refractivity contribution >= 4 is 10.1 Å². The van der Waals surface area contributed by atoms with Crippen LogP contribution in [-0.2, 0) is 23.8 Å². The molecule has 0 radical (unpaired) electrons. The van der Waals surface area contributed by atoms with Gasteiger partial charge in [-0.3, -0.25) is 4.74 Å². The molecule has 0 heterocycles. The topological polar surface area (TPSA) is 61.8 Å². The first-order valence-electron chi connectivity index (χ1n) is 6.02. The van der Waals surface area contributed by atoms with Crippen LogP contribution in [0.5, 0.6) is 0 Å². The van der Waals surface area contributed by atoms with Crippen molar-refractivity contribution in [2.24, 2.45) is 0 Å². The zero-order chi connectivity index (χ0) is 22.3. The Labute approximate surface area is 142 Å². The van der Waals surface area contributed by atoms with Crippen molar-refractivity contribution in [1.29, 1.82) is 0 Å². The summed E-state index contributed by atoms with van der Waals surface area (Å²) >= 11 is 0. The zero-order valence-electron chi connectivity index (χ0n) is 12.6. The fourth-order valence-electron chi connectivity index (χ4n) is 1.20. The Morgan fingerprint density at radius 3 is 1.44 bits per heavy atom. The highest BCUT2D eigenvalue weighted by Crippen LogP contribution is 2.53. The second kappa shape index (κ2) is 7.43. The molecule has 164 valence electrons. The van der Waals surface area contributed by atoms with E-state index in [0.29, 0.717) is 6.92 Å². The summed E-state index contributed by atoms with van der Waals surface area (Å²) in [4.78, 5) is 0. The van der Waals surface area contributed by atoms with Crippen molar-refractivity contribution in [1.82, 2.24) is 0 Å². The largest absolute Gasteiger partial charge is 0.523 e. The highest BCUT2D eigenvalue weighted by molar-refractivity contribution is 7.87. The van der Waals surface area contributed by atoms with Crippen LogP contribution in [0, 0.1) is 0 Å². The van der Waals surface area contributed by atoms with E-state index in [-0.39, 0.29) is 6.92 Å². The third-order valence-corrected chi connectivity index (χ3v) is 3.45. The van der Waals surface area contributed by atoms with Gasteiger partial charge >= 0.3 is 39.8 Å². The van der Waals surface area contributed by atoms with E-state index in [1.807, 2.05) is 0 Å². The molecule has 0 N–H and O–H groups in total. The molecule has 0 aliphatic heterocycles. The molecule has 18 heteroatoms. The normalized spacial score (nSPS) is 17.7. The Hall–Kier alpha value is -1.01. The second-order valence-corrected chi connectivity index (χ2v) is 6.11. The van der Waals surface area contributed by atoms with Crippen LogP contribution in [0.4, 0.5) is 52.7 Å². The van der Waals surface area contributed by atoms with E-state index in [1.54, 1.807) is 0 Å². The standard InChI is InChI=1S/C9H8F12O5S/c1-3(24-4(2)26-27(22,23)9(19,20)21)25-8(17,18)6(12,13)5(10,11)7(14,15)16/h3-4H,1-2H3. The molecule has 27 heavy (non-hydrogen) atoms. The quantitative estimate of drug-likeness (QED) is 0.239. The minimum Gasteiger partial charge on any atom is -0.323 e. The van der Waals surface area contributed by atoms with Crippen molar-refractivity contribution in [3.63, 3.8) is 0 Å². The summed E-state index contributed by atoms with van der Waals surface area (Å²) in [5.41, 5.74) is -6.00. The van der Waals surface area contributed by atoms with Gasteiger partial charge in [0, 0.05) is 0 Å². The van der Waals surface area contributed by atoms with Crippen LogP contribution in [0.25, 0.3) is 0 Å². The maximum Gasteiger partial charge on any atom is 0.523 e. The smallest absolute Gasteiger partial charge is 0.323 e. The zero-order valence-corrected chi connectivity index (χ0v) is 13.5. The number of hydrogen-bond acceptors (Lipinski definition) is 5. The summed E-state index contributed by atoms with van der Waals surface area (Å²) in [6.07, 6.45) is -19.2. The van der Waals surface area contributed by atoms with E-state index in [1.165, 1.54) is 0 Å². The van der Waals surface area contributed by atoms with E-state index in [2.05, 4.69) is 13.7 Å². The lowest BCUT2D eigenvalue weighted by molar-refractivity contribution is -0.462. The Bertz CT molecular complexity index is 610. The molecule has 0 aliphatic carbocycles. The second-order valence-electron chi connectivity index (χ2n) is 4.55. The predicted octanol–water partition coefficient (Wildman–Crippen LogP) is 4.00. The van der Waals surface area contributed by atoms with Crippen molar-refractivity contribution in [2.75, 3.05) is 0 Å². The van der Waals surface area contributed by atoms with Crippen molar-refractivity contribution in [3.05, 3.63) is 0 Å². The molecule has 0 bridgehead atoms. The van der Waals surface area contributed by atoms with E-state index in [4.69, 9.17) is 0 Å². The van der Waals surface area contributed by atoms with Crippen LogP contribution in [-0.4, -0.2) is 50.6 Å². The molecule has 0 aliphatic rings. The molecule has 5 nitrogen and oxygen atoms in total. The summed E-state index contributed by atoms with van der Waals surface area (Å²) in [7, 11) is -6.34. The number of hydrogen-bond donors (Lipinski definition) is 0. The molecule has 0 fully saturated rings. The van der Waals surface area contributed by atoms with Gasteiger partial charge < -0.3 is 4.74 Å². The van der Waals surface area contributed by atoms with Crippen LogP contribution in [0.3, 0.4) is 0 Å². The fourth-order valence-corrected chi connectivity index (χ4v) is 1.71. The molecule has 0 amide bonds. The molecule has 0 aromatic carbocycles. The van der Waals surface area contributed by atoms with Crippen LogP contribution in [0.15, 0.2) is 0 Å². The Morgan fingerprint density at radius 2 is 1.11 bits per heavy atom. The van der Waals surface area contributed by atoms with Crippen LogP contribution in [0.2, 0.25) is 0 Å². The van der Waals surface area contributed by atoms with E-state index in [0.717, 1.165) is 0 Å². The number of rotatable bonds is 8. The summed E-state index contributed by atoms with van der Waals surface area (Å²) in [6.45, 7) is 0.458. The molecule has 0 rings (SSSR count). The Kier molecular flexibility index (Phi) is 7.15. The number of ether oxygens (including phenoxy) is 2. The molecule has 2 unspecified atom stereocenters. The summed E-state index contributed by atoms with van der Waals surface area (Å²) in [5, 5.41) is 0. The van der Waals surface area contributed by atoms with Crippen LogP contribution >= 0.6 is 0 Å². The van der Waals surface area contributed by atoms with Gasteiger partial charge in [-0.05, 0) is 13.8 Å². The van der Waals surface area contributed by atoms with Gasteiger partial charge in [0.1, 0.15) is 0 Å². The predicted molar refractivity (Wildman–Crippen MR) is 58.0 cm³/mol. The first-order valence-corrected chi connectivity index (χ1v) is 7.43. The van der Waals surface area contributed by atoms with Gasteiger partial charge in [0.05, 0.1) is 0 Å². The van der Waals surface area contributed by atoms with Crippen LogP contribution in [0.1, 0.15) is 13.8 Å². The van der Waals surface area contributed by atoms with Gasteiger partial charge in [-0.2, -0.15) is 61.1 Å². The third-order valence-electron chi connectivity index (χ3n) is 2.36. The average Bonchev–Trinajstić information content (AvgIpc) is 2.33. The summed E-state index contributed by atoms with van der Waals surface area (Å²) in [6, 6.07) is 0. The highest BCUT2D eigenvalue weighted by Gasteiger charge is 2.83. The van der Waals surface area contributed by atoms with Crippen molar-refractivity contribution in [2.45, 2.75) is 56.1 Å². The molecular weight excluding hydrogens is 448 g/mol.